The van der Waals surface area contributed by atoms with E-state index in [2.05, 4.69) is 117 Å². The van der Waals surface area contributed by atoms with Gasteiger partial charge >= 0.3 is 28.5 Å². The van der Waals surface area contributed by atoms with Crippen LogP contribution in [0, 0.1) is 0 Å². The van der Waals surface area contributed by atoms with Crippen LogP contribution in [-0.2, 0) is 55.5 Å². The van der Waals surface area contributed by atoms with Crippen molar-refractivity contribution in [1.29, 1.82) is 0 Å². The van der Waals surface area contributed by atoms with Crippen LogP contribution in [0.4, 0.5) is 0 Å². The summed E-state index contributed by atoms with van der Waals surface area (Å²) in [5.74, 6) is 0. The minimum Gasteiger partial charge on any atom is -0.405 e. The van der Waals surface area contributed by atoms with Crippen molar-refractivity contribution in [2.24, 2.45) is 0 Å². The summed E-state index contributed by atoms with van der Waals surface area (Å²) in [6.07, 6.45) is 48.1. The van der Waals surface area contributed by atoms with Crippen LogP contribution in [0.1, 0.15) is 324 Å². The number of unbranched alkanes of at least 4 members (excludes halogenated alkanes) is 28. The summed E-state index contributed by atoms with van der Waals surface area (Å²) in [6.45, 7) is 28.2. The van der Waals surface area contributed by atoms with Crippen LogP contribution in [0.3, 0.4) is 0 Å². The van der Waals surface area contributed by atoms with Gasteiger partial charge in [0.05, 0.1) is 77.9 Å². The minimum absolute atomic E-state index is 0.0173. The first-order valence-electron chi connectivity index (χ1n) is 42.8. The summed E-state index contributed by atoms with van der Waals surface area (Å²) in [7, 11) is -1.44. The lowest BCUT2D eigenvalue weighted by Gasteiger charge is -2.33. The quantitative estimate of drug-likeness (QED) is 0.0267. The lowest BCUT2D eigenvalue weighted by molar-refractivity contribution is 0.00578. The zero-order chi connectivity index (χ0) is 77.7. The molecule has 0 atom stereocenters. The third-order valence-electron chi connectivity index (χ3n) is 24.1. The molecule has 0 amide bonds. The maximum atomic E-state index is 6.21. The number of benzene rings is 3. The summed E-state index contributed by atoms with van der Waals surface area (Å²) in [6, 6.07) is 22.6. The molecule has 12 nitrogen and oxygen atoms in total. The van der Waals surface area contributed by atoms with Crippen molar-refractivity contribution in [1.82, 2.24) is 18.7 Å². The molecule has 0 N–H and O–H groups in total. The SMILES string of the molecule is CC1(C)OB(c2ccc(B3OC(C)(C)C(C)(C)O3)c3nsnc23)OC1(C)C.CCCCCCCCC1(CCCCCCCC)c2cc(B3OCCO3)ccc2-c2ccc(B3OCCO3)cc21.CCCCCCCCCCCCc1cc(Br)sc1-c1nc2sc(-c3sc(Br)cc3CCCCCCCCCCCC)nc2s1. The highest BCUT2D eigenvalue weighted by Gasteiger charge is 2.55. The number of nitrogens with zero attached hydrogens (tertiary/aromatic N) is 4. The van der Waals surface area contributed by atoms with Gasteiger partial charge in [0, 0.05) is 16.3 Å². The third kappa shape index (κ3) is 22.8. The van der Waals surface area contributed by atoms with Crippen molar-refractivity contribution in [3.05, 3.63) is 90.5 Å². The van der Waals surface area contributed by atoms with Crippen molar-refractivity contribution >= 4 is 160 Å². The summed E-state index contributed by atoms with van der Waals surface area (Å²) in [4.78, 5) is 15.1. The van der Waals surface area contributed by atoms with Crippen molar-refractivity contribution < 1.29 is 37.2 Å². The van der Waals surface area contributed by atoms with Gasteiger partial charge < -0.3 is 37.2 Å². The largest absolute Gasteiger partial charge is 0.497 e. The lowest BCUT2D eigenvalue weighted by Crippen LogP contribution is -2.41. The Morgan fingerprint density at radius 2 is 0.673 bits per heavy atom. The van der Waals surface area contributed by atoms with Gasteiger partial charge in [-0.2, -0.15) is 8.75 Å². The van der Waals surface area contributed by atoms with Gasteiger partial charge in [-0.25, -0.2) is 9.97 Å². The van der Waals surface area contributed by atoms with Crippen LogP contribution in [0.15, 0.2) is 68.2 Å². The number of hydrogen-bond donors (Lipinski definition) is 0. The number of rotatable bonds is 42. The molecular formula is C87H126B4Br2N4O8S5. The summed E-state index contributed by atoms with van der Waals surface area (Å²) in [5, 5.41) is 2.28. The molecule has 0 spiro atoms. The van der Waals surface area contributed by atoms with E-state index in [1.807, 2.05) is 90.2 Å². The first-order chi connectivity index (χ1) is 53.2. The molecule has 3 aromatic carbocycles. The fraction of sp³-hybridized carbons (Fsp3) is 0.655. The van der Waals surface area contributed by atoms with E-state index in [9.17, 15) is 0 Å². The van der Waals surface area contributed by atoms with E-state index in [0.717, 1.165) is 65.4 Å². The topological polar surface area (TPSA) is 125 Å². The number of fused-ring (bicyclic) bond motifs is 5. The van der Waals surface area contributed by atoms with Gasteiger partial charge in [-0.1, -0.05) is 292 Å². The fourth-order valence-electron chi connectivity index (χ4n) is 16.2. The molecule has 8 aromatic rings. The van der Waals surface area contributed by atoms with Crippen molar-refractivity contribution in [3.63, 3.8) is 0 Å². The second-order valence-corrected chi connectivity index (χ2v) is 40.9. The van der Waals surface area contributed by atoms with E-state index in [-0.39, 0.29) is 19.7 Å². The van der Waals surface area contributed by atoms with E-state index in [0.29, 0.717) is 26.4 Å². The Bertz CT molecular complexity index is 3810. The highest BCUT2D eigenvalue weighted by Crippen LogP contribution is 2.54. The fourth-order valence-corrected chi connectivity index (χ4v) is 22.4. The van der Waals surface area contributed by atoms with E-state index in [1.54, 1.807) is 22.7 Å². The van der Waals surface area contributed by atoms with Gasteiger partial charge in [0.2, 0.25) is 0 Å². The monoisotopic (exact) mass is 1720 g/mol. The average Bonchev–Trinajstić information content (AvgIpc) is 1.56. The molecule has 110 heavy (non-hydrogen) atoms. The number of hydrogen-bond acceptors (Lipinski definition) is 17. The standard InChI is InChI=1S/C36H52Br2N2S4.C33H48B2O4.C18H26B2N2O4S/c1-3-5-7-9-11-13-15-17-19-21-23-27-25-29(37)41-31(27)33-39-35-36(43-33)40-34(44-35)32-28(26-30(38)42-32)24-22-20-18-16-14-12-10-8-6-4-2;1-3-5-7-9-11-13-19-33(20-14-12-10-8-6-4-2)31-25-27(34-36-21-22-37-34)15-17-29(31)30-18-16-28(26-32(30)33)35-38-23-24-39-35;1-15(2)16(3,4)24-19(23-15)11-9-10-12(14-13(11)21-27-22-14)20-25-17(5,6)18(7,8)26-20/h25-26H,3-24H2,1-2H3;15-18,25-26H,3-14,19-24H2,1-2H3;9-10H,1-8H3. The molecule has 4 saturated heterocycles. The van der Waals surface area contributed by atoms with Gasteiger partial charge in [-0.15, -0.1) is 22.7 Å². The molecule has 0 unspecified atom stereocenters. The van der Waals surface area contributed by atoms with Crippen molar-refractivity contribution in [3.8, 4) is 30.9 Å². The van der Waals surface area contributed by atoms with Gasteiger partial charge in [0.25, 0.3) is 0 Å². The molecule has 598 valence electrons. The van der Waals surface area contributed by atoms with E-state index < -0.39 is 36.6 Å². The first kappa shape index (κ1) is 88.1. The molecule has 5 aromatic heterocycles. The molecular weight excluding hydrogens is 1590 g/mol. The number of thiophene rings is 2. The van der Waals surface area contributed by atoms with Gasteiger partial charge in [-0.3, -0.25) is 0 Å². The Morgan fingerprint density at radius 3 is 1.00 bits per heavy atom. The van der Waals surface area contributed by atoms with Gasteiger partial charge in [-0.05, 0) is 182 Å². The van der Waals surface area contributed by atoms with Crippen molar-refractivity contribution in [2.45, 2.75) is 342 Å². The Balaban J connectivity index is 0.000000168. The molecule has 13 rings (SSSR count). The van der Waals surface area contributed by atoms with Gasteiger partial charge in [0.1, 0.15) is 21.0 Å². The van der Waals surface area contributed by atoms with Crippen LogP contribution < -0.4 is 21.9 Å². The third-order valence-corrected chi connectivity index (χ3v) is 30.3. The maximum Gasteiger partial charge on any atom is 0.497 e. The van der Waals surface area contributed by atoms with E-state index in [4.69, 9.17) is 47.2 Å². The molecule has 23 heteroatoms. The van der Waals surface area contributed by atoms with Crippen LogP contribution >= 0.6 is 88.9 Å². The Morgan fingerprint density at radius 1 is 0.364 bits per heavy atom. The molecule has 4 fully saturated rings. The highest BCUT2D eigenvalue weighted by atomic mass is 79.9. The molecule has 9 heterocycles. The number of halogens is 2. The van der Waals surface area contributed by atoms with Crippen LogP contribution in [0.2, 0.25) is 0 Å². The number of thiazole rings is 2. The number of aromatic nitrogens is 4. The van der Waals surface area contributed by atoms with Gasteiger partial charge in [0.15, 0.2) is 9.66 Å². The molecule has 0 radical (unpaired) electrons. The van der Waals surface area contributed by atoms with Crippen molar-refractivity contribution in [2.75, 3.05) is 26.4 Å². The van der Waals surface area contributed by atoms with Crippen LogP contribution in [-0.4, -0.2) is 96.0 Å². The second kappa shape index (κ2) is 42.6. The highest BCUT2D eigenvalue weighted by molar-refractivity contribution is 9.11. The Hall–Kier alpha value is -2.70. The summed E-state index contributed by atoms with van der Waals surface area (Å²) >= 11 is 15.9. The Kier molecular flexibility index (Phi) is 34.1. The minimum atomic E-state index is -0.478. The predicted octanol–water partition coefficient (Wildman–Crippen LogP) is 24.9. The zero-order valence-corrected chi connectivity index (χ0v) is 76.0. The summed E-state index contributed by atoms with van der Waals surface area (Å²) in [5.41, 5.74) is 12.7. The van der Waals surface area contributed by atoms with Crippen LogP contribution in [0.5, 0.6) is 0 Å². The van der Waals surface area contributed by atoms with Crippen LogP contribution in [0.25, 0.3) is 51.6 Å². The first-order valence-corrected chi connectivity index (χ1v) is 48.3. The lowest BCUT2D eigenvalue weighted by atomic mass is 9.67. The second-order valence-electron chi connectivity index (χ2n) is 33.6. The normalized spacial score (nSPS) is 17.3. The van der Waals surface area contributed by atoms with E-state index >= 15 is 0 Å². The average molecular weight is 1720 g/mol. The zero-order valence-electron chi connectivity index (χ0n) is 68.7. The molecule has 0 bridgehead atoms. The molecule has 1 aliphatic carbocycles. The molecule has 4 aliphatic heterocycles. The summed E-state index contributed by atoms with van der Waals surface area (Å²) < 4.78 is 60.1. The predicted molar refractivity (Wildman–Crippen MR) is 480 cm³/mol. The molecule has 0 saturated carbocycles. The Labute approximate surface area is 699 Å². The maximum absolute atomic E-state index is 6.21. The van der Waals surface area contributed by atoms with E-state index in [1.165, 1.54) is 281 Å². The molecule has 5 aliphatic rings. The smallest absolute Gasteiger partial charge is 0.405 e. The number of aryl methyl sites for hydroxylation is 2.